The highest BCUT2D eigenvalue weighted by Gasteiger charge is 2.25. The number of rotatable bonds is 4. The van der Waals surface area contributed by atoms with Crippen molar-refractivity contribution in [2.75, 3.05) is 26.7 Å². The number of likely N-dealkylation sites (tertiary alicyclic amines) is 1. The zero-order valence-electron chi connectivity index (χ0n) is 16.7. The molecule has 28 heavy (non-hydrogen) atoms. The molecule has 0 spiro atoms. The summed E-state index contributed by atoms with van der Waals surface area (Å²) in [4.78, 5) is 14.4. The van der Waals surface area contributed by atoms with Crippen molar-refractivity contribution in [3.63, 3.8) is 0 Å². The number of allylic oxidation sites excluding steroid dienone is 3. The van der Waals surface area contributed by atoms with Crippen LogP contribution in [0.25, 0.3) is 0 Å². The molecule has 1 atom stereocenters. The van der Waals surface area contributed by atoms with Gasteiger partial charge in [0.2, 0.25) is 0 Å². The van der Waals surface area contributed by atoms with Gasteiger partial charge in [-0.2, -0.15) is 0 Å². The van der Waals surface area contributed by atoms with Gasteiger partial charge in [0.1, 0.15) is 5.75 Å². The molecular weight excluding hydrogens is 352 g/mol. The lowest BCUT2D eigenvalue weighted by molar-refractivity contribution is 0.0767. The van der Waals surface area contributed by atoms with Gasteiger partial charge in [-0.3, -0.25) is 4.79 Å². The standard InChI is InChI=1S/C17H20N2O2.C5H10N2/c1-3-4-7-13-12-19(11-10-15(13)18)17(20)14-8-5-6-9-16(14)21-2;6-4-5-2-1-3-7-5/h3-9,18H,10-12H2,1-2H3;1,3,5,7H,2,4,6H2/b4-3+,13-7-,18-15?;. The number of nitrogens with one attached hydrogen (secondary N) is 2. The molecular formula is C22H30N4O2. The van der Waals surface area contributed by atoms with Crippen molar-refractivity contribution in [1.29, 1.82) is 5.41 Å². The fourth-order valence-electron chi connectivity index (χ4n) is 2.99. The lowest BCUT2D eigenvalue weighted by Crippen LogP contribution is -2.40. The number of carbonyl (C=O) groups is 1. The molecule has 6 heteroatoms. The topological polar surface area (TPSA) is 91.4 Å². The summed E-state index contributed by atoms with van der Waals surface area (Å²) in [7, 11) is 1.56. The minimum absolute atomic E-state index is 0.0497. The largest absolute Gasteiger partial charge is 0.496 e. The van der Waals surface area contributed by atoms with Crippen molar-refractivity contribution >= 4 is 11.6 Å². The third kappa shape index (κ3) is 5.82. The maximum Gasteiger partial charge on any atom is 0.257 e. The third-order valence-corrected chi connectivity index (χ3v) is 4.65. The van der Waals surface area contributed by atoms with Gasteiger partial charge in [0.25, 0.3) is 5.91 Å². The van der Waals surface area contributed by atoms with Crippen molar-refractivity contribution < 1.29 is 9.53 Å². The van der Waals surface area contributed by atoms with E-state index in [1.807, 2.05) is 43.5 Å². The molecule has 2 heterocycles. The van der Waals surface area contributed by atoms with Gasteiger partial charge in [-0.1, -0.05) is 36.4 Å². The monoisotopic (exact) mass is 382 g/mol. The molecule has 3 rings (SSSR count). The van der Waals surface area contributed by atoms with E-state index in [0.717, 1.165) is 18.5 Å². The molecule has 1 unspecified atom stereocenters. The summed E-state index contributed by atoms with van der Waals surface area (Å²) in [6.07, 6.45) is 11.5. The van der Waals surface area contributed by atoms with E-state index >= 15 is 0 Å². The molecule has 0 saturated carbocycles. The van der Waals surface area contributed by atoms with E-state index in [2.05, 4.69) is 11.4 Å². The second kappa shape index (κ2) is 11.1. The number of nitrogens with zero attached hydrogens (tertiary/aromatic N) is 1. The Morgan fingerprint density at radius 1 is 1.43 bits per heavy atom. The molecule has 2 aliphatic heterocycles. The number of methoxy groups -OCH3 is 1. The molecule has 2 aliphatic rings. The predicted octanol–water partition coefficient (Wildman–Crippen LogP) is 2.88. The lowest BCUT2D eigenvalue weighted by atomic mass is 10.0. The fourth-order valence-corrected chi connectivity index (χ4v) is 2.99. The molecule has 1 saturated heterocycles. The highest BCUT2D eigenvalue weighted by atomic mass is 16.5. The molecule has 0 bridgehead atoms. The van der Waals surface area contributed by atoms with Crippen LogP contribution in [0.2, 0.25) is 0 Å². The van der Waals surface area contributed by atoms with Gasteiger partial charge in [0.05, 0.1) is 12.7 Å². The molecule has 1 aromatic carbocycles. The number of amides is 1. The van der Waals surface area contributed by atoms with Crippen LogP contribution in [0.4, 0.5) is 0 Å². The quantitative estimate of drug-likeness (QED) is 0.747. The first-order valence-corrected chi connectivity index (χ1v) is 9.53. The van der Waals surface area contributed by atoms with E-state index in [0.29, 0.717) is 42.6 Å². The number of hydrogen-bond acceptors (Lipinski definition) is 5. The summed E-state index contributed by atoms with van der Waals surface area (Å²) in [5.74, 6) is 0.536. The van der Waals surface area contributed by atoms with Gasteiger partial charge in [-0.15, -0.1) is 0 Å². The van der Waals surface area contributed by atoms with Crippen LogP contribution in [0.5, 0.6) is 5.75 Å². The summed E-state index contributed by atoms with van der Waals surface area (Å²) in [5.41, 5.74) is 7.40. The molecule has 4 N–H and O–H groups in total. The lowest BCUT2D eigenvalue weighted by Gasteiger charge is -2.29. The molecule has 6 nitrogen and oxygen atoms in total. The van der Waals surface area contributed by atoms with E-state index < -0.39 is 0 Å². The number of piperidine rings is 1. The summed E-state index contributed by atoms with van der Waals surface area (Å²) >= 11 is 0. The van der Waals surface area contributed by atoms with Crippen molar-refractivity contribution in [3.05, 3.63) is 65.9 Å². The molecule has 0 radical (unpaired) electrons. The SMILES string of the molecule is C/C=C/C=C1/CN(C(=O)c2ccccc2OC)CCC1=N.NCC1CC=CN1. The maximum absolute atomic E-state index is 12.6. The molecule has 0 aliphatic carbocycles. The molecule has 1 amide bonds. The van der Waals surface area contributed by atoms with E-state index in [4.69, 9.17) is 15.9 Å². The number of para-hydroxylation sites is 1. The number of carbonyl (C=O) groups excluding carboxylic acids is 1. The van der Waals surface area contributed by atoms with Crippen molar-refractivity contribution in [2.24, 2.45) is 5.73 Å². The van der Waals surface area contributed by atoms with Gasteiger partial charge >= 0.3 is 0 Å². The predicted molar refractivity (Wildman–Crippen MR) is 114 cm³/mol. The summed E-state index contributed by atoms with van der Waals surface area (Å²) in [6.45, 7) is 3.72. The Bertz CT molecular complexity index is 760. The Kier molecular flexibility index (Phi) is 8.49. The first-order chi connectivity index (χ1) is 13.6. The van der Waals surface area contributed by atoms with Crippen LogP contribution < -0.4 is 15.8 Å². The van der Waals surface area contributed by atoms with Gasteiger partial charge in [-0.05, 0) is 37.3 Å². The molecule has 1 fully saturated rings. The van der Waals surface area contributed by atoms with E-state index in [-0.39, 0.29) is 5.91 Å². The molecule has 0 aromatic heterocycles. The highest BCUT2D eigenvalue weighted by molar-refractivity contribution is 6.03. The van der Waals surface area contributed by atoms with Crippen LogP contribution in [0.3, 0.4) is 0 Å². The number of ether oxygens (including phenoxy) is 1. The van der Waals surface area contributed by atoms with E-state index in [1.54, 1.807) is 24.1 Å². The smallest absolute Gasteiger partial charge is 0.257 e. The number of hydrogen-bond donors (Lipinski definition) is 3. The summed E-state index contributed by atoms with van der Waals surface area (Å²) < 4.78 is 5.25. The van der Waals surface area contributed by atoms with E-state index in [9.17, 15) is 4.79 Å². The first-order valence-electron chi connectivity index (χ1n) is 9.53. The average molecular weight is 383 g/mol. The summed E-state index contributed by atoms with van der Waals surface area (Å²) in [6, 6.07) is 7.75. The van der Waals surface area contributed by atoms with Gasteiger partial charge in [0, 0.05) is 37.8 Å². The normalized spacial score (nSPS) is 20.1. The van der Waals surface area contributed by atoms with Crippen LogP contribution >= 0.6 is 0 Å². The highest BCUT2D eigenvalue weighted by Crippen LogP contribution is 2.22. The Balaban J connectivity index is 0.000000336. The third-order valence-electron chi connectivity index (χ3n) is 4.65. The Hall–Kier alpha value is -2.86. The maximum atomic E-state index is 12.6. The van der Waals surface area contributed by atoms with E-state index in [1.165, 1.54) is 0 Å². The van der Waals surface area contributed by atoms with Crippen LogP contribution in [0, 0.1) is 5.41 Å². The fraction of sp³-hybridized carbons (Fsp3) is 0.364. The Labute approximate surface area is 167 Å². The number of nitrogens with two attached hydrogens (primary N) is 1. The van der Waals surface area contributed by atoms with Gasteiger partial charge < -0.3 is 26.1 Å². The van der Waals surface area contributed by atoms with Crippen LogP contribution in [-0.4, -0.2) is 49.3 Å². The zero-order chi connectivity index (χ0) is 20.4. The van der Waals surface area contributed by atoms with Gasteiger partial charge in [0.15, 0.2) is 0 Å². The van der Waals surface area contributed by atoms with Crippen molar-refractivity contribution in [3.8, 4) is 5.75 Å². The Morgan fingerprint density at radius 3 is 2.82 bits per heavy atom. The van der Waals surface area contributed by atoms with Crippen molar-refractivity contribution in [1.82, 2.24) is 10.2 Å². The molecule has 150 valence electrons. The summed E-state index contributed by atoms with van der Waals surface area (Å²) in [5, 5.41) is 11.1. The van der Waals surface area contributed by atoms with Crippen LogP contribution in [-0.2, 0) is 0 Å². The average Bonchev–Trinajstić information content (AvgIpc) is 3.27. The van der Waals surface area contributed by atoms with Crippen LogP contribution in [0.15, 0.2) is 60.3 Å². The first kappa shape index (κ1) is 21.4. The second-order valence-corrected chi connectivity index (χ2v) is 6.61. The van der Waals surface area contributed by atoms with Crippen molar-refractivity contribution in [2.45, 2.75) is 25.8 Å². The van der Waals surface area contributed by atoms with Crippen LogP contribution in [0.1, 0.15) is 30.1 Å². The minimum Gasteiger partial charge on any atom is -0.496 e. The Morgan fingerprint density at radius 2 is 2.21 bits per heavy atom. The number of benzene rings is 1. The zero-order valence-corrected chi connectivity index (χ0v) is 16.7. The molecule has 1 aromatic rings. The van der Waals surface area contributed by atoms with Gasteiger partial charge in [-0.25, -0.2) is 0 Å². The second-order valence-electron chi connectivity index (χ2n) is 6.61. The minimum atomic E-state index is -0.0497.